The van der Waals surface area contributed by atoms with Gasteiger partial charge in [0.25, 0.3) is 0 Å². The second-order valence-electron chi connectivity index (χ2n) is 5.59. The molecule has 2 heterocycles. The first-order valence-corrected chi connectivity index (χ1v) is 7.57. The van der Waals surface area contributed by atoms with Crippen molar-refractivity contribution in [3.63, 3.8) is 0 Å². The third kappa shape index (κ3) is 4.23. The van der Waals surface area contributed by atoms with Crippen LogP contribution in [0, 0.1) is 0 Å². The molecule has 2 fully saturated rings. The summed E-state index contributed by atoms with van der Waals surface area (Å²) in [6.45, 7) is 11.3. The molecule has 0 saturated carbocycles. The van der Waals surface area contributed by atoms with Crippen molar-refractivity contribution in [1.29, 1.82) is 0 Å². The highest BCUT2D eigenvalue weighted by atomic mass is 15.3. The van der Waals surface area contributed by atoms with E-state index >= 15 is 0 Å². The summed E-state index contributed by atoms with van der Waals surface area (Å²) < 4.78 is 0. The van der Waals surface area contributed by atoms with Gasteiger partial charge in [-0.1, -0.05) is 6.92 Å². The summed E-state index contributed by atoms with van der Waals surface area (Å²) in [7, 11) is 0. The van der Waals surface area contributed by atoms with Gasteiger partial charge in [-0.25, -0.2) is 0 Å². The van der Waals surface area contributed by atoms with E-state index in [2.05, 4.69) is 22.0 Å². The van der Waals surface area contributed by atoms with Crippen molar-refractivity contribution in [3.05, 3.63) is 0 Å². The van der Waals surface area contributed by atoms with Crippen molar-refractivity contribution in [2.45, 2.75) is 45.1 Å². The summed E-state index contributed by atoms with van der Waals surface area (Å²) >= 11 is 0. The Bertz CT molecular complexity index is 208. The van der Waals surface area contributed by atoms with Gasteiger partial charge in [0, 0.05) is 25.7 Å². The largest absolute Gasteiger partial charge is 0.317 e. The summed E-state index contributed by atoms with van der Waals surface area (Å²) in [4.78, 5) is 5.38. The fourth-order valence-corrected chi connectivity index (χ4v) is 3.15. The third-order valence-corrected chi connectivity index (χ3v) is 4.18. The van der Waals surface area contributed by atoms with Crippen LogP contribution >= 0.6 is 0 Å². The lowest BCUT2D eigenvalue weighted by Crippen LogP contribution is -2.50. The second kappa shape index (κ2) is 7.34. The quantitative estimate of drug-likeness (QED) is 0.680. The molecule has 1 N–H and O–H groups in total. The molecule has 0 aromatic rings. The first-order valence-electron chi connectivity index (χ1n) is 7.57. The zero-order valence-corrected chi connectivity index (χ0v) is 11.5. The lowest BCUT2D eigenvalue weighted by molar-refractivity contribution is 0.103. The maximum absolute atomic E-state index is 3.48. The fourth-order valence-electron chi connectivity index (χ4n) is 3.15. The van der Waals surface area contributed by atoms with E-state index in [-0.39, 0.29) is 0 Å². The maximum atomic E-state index is 3.48. The molecule has 0 bridgehead atoms. The summed E-state index contributed by atoms with van der Waals surface area (Å²) in [6.07, 6.45) is 6.83. The van der Waals surface area contributed by atoms with E-state index < -0.39 is 0 Å². The molecule has 3 heteroatoms. The van der Waals surface area contributed by atoms with Crippen LogP contribution in [0.1, 0.15) is 39.0 Å². The number of rotatable bonds is 7. The number of hydrogen-bond acceptors (Lipinski definition) is 3. The highest BCUT2D eigenvalue weighted by Crippen LogP contribution is 2.21. The van der Waals surface area contributed by atoms with Crippen molar-refractivity contribution in [1.82, 2.24) is 15.1 Å². The zero-order valence-electron chi connectivity index (χ0n) is 11.5. The zero-order chi connectivity index (χ0) is 11.9. The molecule has 0 spiro atoms. The second-order valence-corrected chi connectivity index (χ2v) is 5.59. The van der Waals surface area contributed by atoms with Crippen molar-refractivity contribution >= 4 is 0 Å². The van der Waals surface area contributed by atoms with Gasteiger partial charge in [0.2, 0.25) is 0 Å². The molecular formula is C14H29N3. The Morgan fingerprint density at radius 1 is 1.12 bits per heavy atom. The summed E-state index contributed by atoms with van der Waals surface area (Å²) in [5.74, 6) is 0. The highest BCUT2D eigenvalue weighted by molar-refractivity contribution is 4.86. The van der Waals surface area contributed by atoms with Crippen LogP contribution in [0.4, 0.5) is 0 Å². The Labute approximate surface area is 107 Å². The molecular weight excluding hydrogens is 210 g/mol. The van der Waals surface area contributed by atoms with Gasteiger partial charge in [-0.3, -0.25) is 4.90 Å². The van der Waals surface area contributed by atoms with Gasteiger partial charge in [0.1, 0.15) is 0 Å². The van der Waals surface area contributed by atoms with E-state index in [1.807, 2.05) is 0 Å². The molecule has 2 aliphatic rings. The molecule has 17 heavy (non-hydrogen) atoms. The SMILES string of the molecule is CCCNCCCCN1CCN2CCCC2C1. The van der Waals surface area contributed by atoms with Gasteiger partial charge < -0.3 is 10.2 Å². The average Bonchev–Trinajstić information content (AvgIpc) is 2.81. The highest BCUT2D eigenvalue weighted by Gasteiger charge is 2.29. The molecule has 100 valence electrons. The van der Waals surface area contributed by atoms with Crippen molar-refractivity contribution in [2.24, 2.45) is 0 Å². The van der Waals surface area contributed by atoms with E-state index in [1.165, 1.54) is 77.9 Å². The Morgan fingerprint density at radius 3 is 2.94 bits per heavy atom. The maximum Gasteiger partial charge on any atom is 0.0224 e. The summed E-state index contributed by atoms with van der Waals surface area (Å²) in [6, 6.07) is 0.891. The van der Waals surface area contributed by atoms with Crippen LogP contribution in [-0.2, 0) is 0 Å². The summed E-state index contributed by atoms with van der Waals surface area (Å²) in [5, 5.41) is 3.48. The molecule has 0 aromatic heterocycles. The van der Waals surface area contributed by atoms with Crippen LogP contribution in [0.25, 0.3) is 0 Å². The molecule has 0 aliphatic carbocycles. The Hall–Kier alpha value is -0.120. The van der Waals surface area contributed by atoms with E-state index in [4.69, 9.17) is 0 Å². The molecule has 3 nitrogen and oxygen atoms in total. The molecule has 0 aromatic carbocycles. The van der Waals surface area contributed by atoms with Gasteiger partial charge in [-0.05, 0) is 58.3 Å². The Morgan fingerprint density at radius 2 is 2.06 bits per heavy atom. The monoisotopic (exact) mass is 239 g/mol. The van der Waals surface area contributed by atoms with Crippen molar-refractivity contribution in [2.75, 3.05) is 45.8 Å². The number of hydrogen-bond donors (Lipinski definition) is 1. The van der Waals surface area contributed by atoms with Crippen LogP contribution < -0.4 is 5.32 Å². The Kier molecular flexibility index (Phi) is 5.75. The minimum atomic E-state index is 0.891. The van der Waals surface area contributed by atoms with Crippen molar-refractivity contribution < 1.29 is 0 Å². The predicted molar refractivity (Wildman–Crippen MR) is 73.4 cm³/mol. The number of nitrogens with one attached hydrogen (secondary N) is 1. The molecule has 0 amide bonds. The normalized spacial score (nSPS) is 26.3. The average molecular weight is 239 g/mol. The topological polar surface area (TPSA) is 18.5 Å². The minimum Gasteiger partial charge on any atom is -0.317 e. The van der Waals surface area contributed by atoms with E-state index in [9.17, 15) is 0 Å². The minimum absolute atomic E-state index is 0.891. The lowest BCUT2D eigenvalue weighted by atomic mass is 10.1. The van der Waals surface area contributed by atoms with Gasteiger partial charge in [0.15, 0.2) is 0 Å². The number of fused-ring (bicyclic) bond motifs is 1. The van der Waals surface area contributed by atoms with Gasteiger partial charge in [0.05, 0.1) is 0 Å². The predicted octanol–water partition coefficient (Wildman–Crippen LogP) is 1.55. The van der Waals surface area contributed by atoms with Crippen LogP contribution in [0.5, 0.6) is 0 Å². The molecule has 1 atom stereocenters. The molecule has 2 saturated heterocycles. The van der Waals surface area contributed by atoms with Crippen LogP contribution in [-0.4, -0.2) is 61.7 Å². The smallest absolute Gasteiger partial charge is 0.0224 e. The lowest BCUT2D eigenvalue weighted by Gasteiger charge is -2.37. The first-order chi connectivity index (χ1) is 8.40. The van der Waals surface area contributed by atoms with Crippen molar-refractivity contribution in [3.8, 4) is 0 Å². The van der Waals surface area contributed by atoms with Gasteiger partial charge in [-0.15, -0.1) is 0 Å². The number of piperazine rings is 1. The van der Waals surface area contributed by atoms with Crippen LogP contribution in [0.2, 0.25) is 0 Å². The molecule has 2 aliphatic heterocycles. The van der Waals surface area contributed by atoms with Gasteiger partial charge >= 0.3 is 0 Å². The standard InChI is InChI=1S/C14H29N3/c1-2-7-15-8-3-4-9-16-11-12-17-10-5-6-14(17)13-16/h14-15H,2-13H2,1H3. The fraction of sp³-hybridized carbons (Fsp3) is 1.00. The first kappa shape index (κ1) is 13.3. The summed E-state index contributed by atoms with van der Waals surface area (Å²) in [5.41, 5.74) is 0. The molecule has 1 unspecified atom stereocenters. The van der Waals surface area contributed by atoms with Crippen LogP contribution in [0.3, 0.4) is 0 Å². The third-order valence-electron chi connectivity index (χ3n) is 4.18. The molecule has 2 rings (SSSR count). The van der Waals surface area contributed by atoms with Crippen LogP contribution in [0.15, 0.2) is 0 Å². The molecule has 0 radical (unpaired) electrons. The van der Waals surface area contributed by atoms with E-state index in [0.717, 1.165) is 6.04 Å². The number of nitrogens with zero attached hydrogens (tertiary/aromatic N) is 2. The number of unbranched alkanes of at least 4 members (excludes halogenated alkanes) is 1. The van der Waals surface area contributed by atoms with E-state index in [1.54, 1.807) is 0 Å². The van der Waals surface area contributed by atoms with E-state index in [0.29, 0.717) is 0 Å². The Balaban J connectivity index is 1.51. The van der Waals surface area contributed by atoms with Gasteiger partial charge in [-0.2, -0.15) is 0 Å².